The molecule has 4 aromatic heterocycles. The first kappa shape index (κ1) is 31.6. The Bertz CT molecular complexity index is 1960. The van der Waals surface area contributed by atoms with Crippen molar-refractivity contribution in [3.63, 3.8) is 0 Å². The summed E-state index contributed by atoms with van der Waals surface area (Å²) in [6, 6.07) is 0. The summed E-state index contributed by atoms with van der Waals surface area (Å²) in [4.78, 5) is 46.9. The first-order valence-corrected chi connectivity index (χ1v) is 18.6. The van der Waals surface area contributed by atoms with Gasteiger partial charge >= 0.3 is 14.3 Å². The molecule has 7 heterocycles. The molecule has 3 aliphatic rings. The summed E-state index contributed by atoms with van der Waals surface area (Å²) in [6.45, 7) is -2.15. The minimum absolute atomic E-state index is 0.0368. The van der Waals surface area contributed by atoms with Crippen LogP contribution < -0.4 is 17.0 Å². The number of nitrogens with zero attached hydrogens (tertiary/aromatic N) is 7. The molecule has 248 valence electrons. The maximum atomic E-state index is 13.8. The molecule has 23 heteroatoms. The molecule has 3 saturated heterocycles. The molecule has 7 rings (SSSR count). The number of aliphatic hydroxyl groups excluding tert-OH is 1. The Labute approximate surface area is 264 Å². The number of nitrogens with one attached hydrogen (secondary N) is 1. The van der Waals surface area contributed by atoms with E-state index < -0.39 is 75.2 Å². The van der Waals surface area contributed by atoms with E-state index in [1.54, 1.807) is 4.57 Å². The molecule has 0 spiro atoms. The standard InChI is InChI=1S/C23H30N10O10P2S/c1-9-15-12(41-21(9)32-7-28-13-17(24)26-6-27-18(13)32)5-39-45(37,46)43-16-10(3-34)11(4-38-44(2,36)42-15)40-22(16)33-8-29-14-19(33)30-23(25)31-20(14)35/h6-12,15-16,21-22,34H,3-5H2,1-2H3,(H,37,46)(H2,24,26,27)(H3,25,30,31,35)/t9?,10?,11?,12?,15?,16?,21?,22?,44-,45?/m1/s1. The predicted octanol–water partition coefficient (Wildman–Crippen LogP) is 0.0202. The Morgan fingerprint density at radius 2 is 1.70 bits per heavy atom. The highest BCUT2D eigenvalue weighted by atomic mass is 32.5. The minimum atomic E-state index is -4.10. The normalized spacial score (nSPS) is 37.1. The Hall–Kier alpha value is -2.94. The molecule has 3 aliphatic heterocycles. The van der Waals surface area contributed by atoms with Crippen molar-refractivity contribution < 1.29 is 42.1 Å². The van der Waals surface area contributed by atoms with E-state index in [0.717, 1.165) is 0 Å². The van der Waals surface area contributed by atoms with Gasteiger partial charge in [-0.25, -0.2) is 19.9 Å². The monoisotopic (exact) mass is 700 g/mol. The predicted molar refractivity (Wildman–Crippen MR) is 162 cm³/mol. The Kier molecular flexibility index (Phi) is 8.01. The minimum Gasteiger partial charge on any atom is -0.396 e. The third-order valence-corrected chi connectivity index (χ3v) is 11.0. The fraction of sp³-hybridized carbons (Fsp3) is 0.565. The molecule has 3 fully saturated rings. The van der Waals surface area contributed by atoms with Gasteiger partial charge in [0.1, 0.15) is 36.4 Å². The number of hydrogen-bond acceptors (Lipinski definition) is 17. The number of ether oxygens (including phenoxy) is 2. The van der Waals surface area contributed by atoms with Gasteiger partial charge in [-0.2, -0.15) is 4.98 Å². The van der Waals surface area contributed by atoms with Crippen molar-refractivity contribution in [3.05, 3.63) is 29.3 Å². The van der Waals surface area contributed by atoms with Gasteiger partial charge < -0.3 is 49.0 Å². The second kappa shape index (κ2) is 11.6. The molecule has 10 atom stereocenters. The Balaban J connectivity index is 1.22. The molecule has 0 aliphatic carbocycles. The van der Waals surface area contributed by atoms with E-state index in [9.17, 15) is 19.4 Å². The van der Waals surface area contributed by atoms with Crippen LogP contribution >= 0.6 is 14.3 Å². The summed E-state index contributed by atoms with van der Waals surface area (Å²) in [6.07, 6.45) is -1.71. The van der Waals surface area contributed by atoms with E-state index in [1.807, 2.05) is 6.92 Å². The highest BCUT2D eigenvalue weighted by molar-refractivity contribution is 8.07. The lowest BCUT2D eigenvalue weighted by Gasteiger charge is -2.28. The van der Waals surface area contributed by atoms with E-state index in [1.165, 1.54) is 30.2 Å². The summed E-state index contributed by atoms with van der Waals surface area (Å²) in [7, 11) is -3.83. The summed E-state index contributed by atoms with van der Waals surface area (Å²) >= 11 is 5.40. The van der Waals surface area contributed by atoms with Crippen LogP contribution in [0.4, 0.5) is 11.8 Å². The molecule has 2 bridgehead atoms. The third-order valence-electron chi connectivity index (χ3n) is 8.18. The number of aromatic nitrogens is 8. The van der Waals surface area contributed by atoms with Gasteiger partial charge in [0, 0.05) is 18.5 Å². The van der Waals surface area contributed by atoms with Gasteiger partial charge in [-0.3, -0.25) is 23.5 Å². The van der Waals surface area contributed by atoms with Crippen LogP contribution in [-0.2, 0) is 43.9 Å². The highest BCUT2D eigenvalue weighted by Gasteiger charge is 2.52. The number of nitrogen functional groups attached to an aromatic ring is 2. The fourth-order valence-electron chi connectivity index (χ4n) is 6.01. The maximum Gasteiger partial charge on any atom is 0.328 e. The van der Waals surface area contributed by atoms with Crippen molar-refractivity contribution in [1.29, 1.82) is 0 Å². The molecule has 9 unspecified atom stereocenters. The van der Waals surface area contributed by atoms with Gasteiger partial charge in [-0.15, -0.1) is 0 Å². The van der Waals surface area contributed by atoms with Crippen molar-refractivity contribution in [3.8, 4) is 0 Å². The lowest BCUT2D eigenvalue weighted by molar-refractivity contribution is -0.0591. The number of imidazole rings is 2. The zero-order valence-corrected chi connectivity index (χ0v) is 26.8. The molecule has 0 saturated carbocycles. The average molecular weight is 701 g/mol. The number of rotatable bonds is 3. The number of aromatic amines is 1. The first-order valence-electron chi connectivity index (χ1n) is 14.0. The van der Waals surface area contributed by atoms with Crippen molar-refractivity contribution in [2.45, 2.75) is 43.8 Å². The second-order valence-corrected chi connectivity index (χ2v) is 16.0. The maximum absolute atomic E-state index is 13.8. The number of anilines is 2. The van der Waals surface area contributed by atoms with E-state index in [4.69, 9.17) is 50.8 Å². The van der Waals surface area contributed by atoms with Crippen molar-refractivity contribution >= 4 is 60.2 Å². The topological polar surface area (TPSA) is 272 Å². The Morgan fingerprint density at radius 3 is 2.46 bits per heavy atom. The van der Waals surface area contributed by atoms with E-state index >= 15 is 0 Å². The number of nitrogens with two attached hydrogens (primary N) is 2. The van der Waals surface area contributed by atoms with Gasteiger partial charge in [-0.05, 0) is 11.8 Å². The number of H-pyrrole nitrogens is 1. The number of aliphatic hydroxyl groups is 1. The van der Waals surface area contributed by atoms with E-state index in [2.05, 4.69) is 29.9 Å². The summed E-state index contributed by atoms with van der Waals surface area (Å²) in [5.74, 6) is -1.33. The van der Waals surface area contributed by atoms with E-state index in [0.29, 0.717) is 11.2 Å². The zero-order chi connectivity index (χ0) is 32.5. The van der Waals surface area contributed by atoms with E-state index in [-0.39, 0.29) is 36.1 Å². The van der Waals surface area contributed by atoms with Crippen LogP contribution in [0.1, 0.15) is 19.4 Å². The van der Waals surface area contributed by atoms with Crippen molar-refractivity contribution in [2.24, 2.45) is 11.8 Å². The van der Waals surface area contributed by atoms with Crippen LogP contribution in [-0.4, -0.2) is 99.9 Å². The summed E-state index contributed by atoms with van der Waals surface area (Å²) < 4.78 is 53.0. The number of fused-ring (bicyclic) bond motifs is 5. The molecule has 0 amide bonds. The number of hydrogen-bond donors (Lipinski definition) is 5. The molecule has 0 radical (unpaired) electrons. The molecule has 7 N–H and O–H groups in total. The third kappa shape index (κ3) is 5.54. The van der Waals surface area contributed by atoms with Gasteiger partial charge in [-0.1, -0.05) is 6.92 Å². The smallest absolute Gasteiger partial charge is 0.328 e. The molecule has 46 heavy (non-hydrogen) atoms. The van der Waals surface area contributed by atoms with Crippen molar-refractivity contribution in [1.82, 2.24) is 39.0 Å². The van der Waals surface area contributed by atoms with Gasteiger partial charge in [0.15, 0.2) is 28.9 Å². The quantitative estimate of drug-likeness (QED) is 0.176. The first-order chi connectivity index (χ1) is 21.9. The lowest BCUT2D eigenvalue weighted by Crippen LogP contribution is -2.33. The SMILES string of the molecule is CC1C2O[P@](C)(=O)OCC3OC(n4cnc5c(=O)[nH]c(N)nc54)C(OP(O)(=S)OCC2OC1n1cnc2c(N)ncnc21)C3CO. The van der Waals surface area contributed by atoms with Gasteiger partial charge in [0.25, 0.3) is 5.56 Å². The van der Waals surface area contributed by atoms with Crippen molar-refractivity contribution in [2.75, 3.05) is 38.0 Å². The lowest BCUT2D eigenvalue weighted by atomic mass is 9.99. The molecule has 4 aromatic rings. The van der Waals surface area contributed by atoms with Gasteiger partial charge in [0.05, 0.1) is 38.6 Å². The van der Waals surface area contributed by atoms with Crippen LogP contribution in [0.15, 0.2) is 23.8 Å². The second-order valence-electron chi connectivity index (χ2n) is 11.2. The zero-order valence-electron chi connectivity index (χ0n) is 24.2. The van der Waals surface area contributed by atoms with Crippen LogP contribution in [0.5, 0.6) is 0 Å². The van der Waals surface area contributed by atoms with Gasteiger partial charge in [0.2, 0.25) is 5.95 Å². The molecule has 0 aromatic carbocycles. The van der Waals surface area contributed by atoms with Crippen LogP contribution in [0.3, 0.4) is 0 Å². The van der Waals surface area contributed by atoms with Crippen LogP contribution in [0, 0.1) is 11.8 Å². The average Bonchev–Trinajstić information content (AvgIpc) is 3.75. The summed E-state index contributed by atoms with van der Waals surface area (Å²) in [5, 5.41) is 10.4. The summed E-state index contributed by atoms with van der Waals surface area (Å²) in [5.41, 5.74) is 11.9. The molecule has 20 nitrogen and oxygen atoms in total. The van der Waals surface area contributed by atoms with Crippen LogP contribution in [0.25, 0.3) is 22.3 Å². The highest BCUT2D eigenvalue weighted by Crippen LogP contribution is 2.55. The fourth-order valence-corrected chi connectivity index (χ4v) is 8.71. The molecular formula is C23H30N10O10P2S. The molecular weight excluding hydrogens is 670 g/mol. The largest absolute Gasteiger partial charge is 0.396 e. The van der Waals surface area contributed by atoms with Crippen LogP contribution in [0.2, 0.25) is 0 Å². The Morgan fingerprint density at radius 1 is 1.00 bits per heavy atom.